The summed E-state index contributed by atoms with van der Waals surface area (Å²) >= 11 is 0. The van der Waals surface area contributed by atoms with Crippen molar-refractivity contribution in [3.63, 3.8) is 0 Å². The van der Waals surface area contributed by atoms with Gasteiger partial charge in [-0.15, -0.1) is 0 Å². The Balaban J connectivity index is 1.46. The number of aromatic nitrogens is 4. The Kier molecular flexibility index (Phi) is 6.02. The highest BCUT2D eigenvalue weighted by molar-refractivity contribution is 5.91. The predicted octanol–water partition coefficient (Wildman–Crippen LogP) is 3.31. The monoisotopic (exact) mass is 446 g/mol. The van der Waals surface area contributed by atoms with E-state index in [1.54, 1.807) is 0 Å². The summed E-state index contributed by atoms with van der Waals surface area (Å²) in [6.45, 7) is 7.32. The van der Waals surface area contributed by atoms with Gasteiger partial charge in [-0.25, -0.2) is 9.30 Å². The number of aryl methyl sites for hydroxylation is 1. The fourth-order valence-corrected chi connectivity index (χ4v) is 4.51. The molecule has 0 unspecified atom stereocenters. The lowest BCUT2D eigenvalue weighted by Gasteiger charge is -2.26. The Labute approximate surface area is 193 Å². The van der Waals surface area contributed by atoms with E-state index < -0.39 is 0 Å². The second-order valence-corrected chi connectivity index (χ2v) is 8.53. The van der Waals surface area contributed by atoms with E-state index in [0.29, 0.717) is 11.3 Å². The van der Waals surface area contributed by atoms with Crippen molar-refractivity contribution in [2.24, 2.45) is 7.05 Å². The minimum absolute atomic E-state index is 0.658. The summed E-state index contributed by atoms with van der Waals surface area (Å²) in [4.78, 5) is 2.44. The van der Waals surface area contributed by atoms with Gasteiger partial charge in [0, 0.05) is 32.1 Å². The molecule has 1 fully saturated rings. The minimum Gasteiger partial charge on any atom is -0.710 e. The third-order valence-electron chi connectivity index (χ3n) is 6.50. The van der Waals surface area contributed by atoms with Crippen molar-refractivity contribution < 1.29 is 9.47 Å². The van der Waals surface area contributed by atoms with Gasteiger partial charge in [-0.05, 0) is 36.7 Å². The Hall–Kier alpha value is -3.36. The molecule has 0 radical (unpaired) electrons. The molecule has 0 bridgehead atoms. The number of fused-ring (bicyclic) bond motifs is 1. The number of nitrogens with zero attached hydrogens (tertiary/aromatic N) is 4. The van der Waals surface area contributed by atoms with E-state index in [0.717, 1.165) is 84.3 Å². The fraction of sp³-hybridized carbons (Fsp3) is 0.360. The minimum atomic E-state index is 0.658. The smallest absolute Gasteiger partial charge is 0.257 e. The number of ether oxygens (including phenoxy) is 1. The molecule has 2 aromatic carbocycles. The van der Waals surface area contributed by atoms with Crippen molar-refractivity contribution in [3.05, 3.63) is 59.6 Å². The average Bonchev–Trinajstić information content (AvgIpc) is 3.38. The SMILES string of the molecule is Cc1n(C)c2ccc(-c3c(NCCCN4CCOCC4)n[nH]c3-c3ccccc3)cc2[n+]1[O-]. The lowest BCUT2D eigenvalue weighted by atomic mass is 10.00. The maximum atomic E-state index is 12.7. The van der Waals surface area contributed by atoms with Crippen molar-refractivity contribution in [2.75, 3.05) is 44.7 Å². The predicted molar refractivity (Wildman–Crippen MR) is 130 cm³/mol. The van der Waals surface area contributed by atoms with Gasteiger partial charge >= 0.3 is 0 Å². The lowest BCUT2D eigenvalue weighted by molar-refractivity contribution is -0.585. The molecule has 0 spiro atoms. The van der Waals surface area contributed by atoms with Gasteiger partial charge < -0.3 is 15.3 Å². The van der Waals surface area contributed by atoms with Gasteiger partial charge in [-0.3, -0.25) is 10.00 Å². The zero-order chi connectivity index (χ0) is 22.8. The maximum absolute atomic E-state index is 12.7. The summed E-state index contributed by atoms with van der Waals surface area (Å²) in [6.07, 6.45) is 1.02. The molecule has 1 saturated heterocycles. The van der Waals surface area contributed by atoms with Crippen LogP contribution in [0.15, 0.2) is 48.5 Å². The van der Waals surface area contributed by atoms with Crippen LogP contribution in [0.5, 0.6) is 0 Å². The fourth-order valence-electron chi connectivity index (χ4n) is 4.51. The van der Waals surface area contributed by atoms with Gasteiger partial charge in [0.15, 0.2) is 16.9 Å². The lowest BCUT2D eigenvalue weighted by Crippen LogP contribution is -2.37. The molecular weight excluding hydrogens is 416 g/mol. The summed E-state index contributed by atoms with van der Waals surface area (Å²) in [5.74, 6) is 1.47. The van der Waals surface area contributed by atoms with E-state index in [1.165, 1.54) is 0 Å². The largest absolute Gasteiger partial charge is 0.710 e. The molecular formula is C25H30N6O2. The zero-order valence-corrected chi connectivity index (χ0v) is 19.2. The number of rotatable bonds is 7. The molecule has 4 aromatic rings. The molecule has 3 heterocycles. The van der Waals surface area contributed by atoms with Gasteiger partial charge in [0.2, 0.25) is 0 Å². The first-order valence-corrected chi connectivity index (χ1v) is 11.5. The molecule has 2 N–H and O–H groups in total. The number of nitrogens with one attached hydrogen (secondary N) is 2. The first-order valence-electron chi connectivity index (χ1n) is 11.5. The Morgan fingerprint density at radius 2 is 1.91 bits per heavy atom. The number of anilines is 1. The van der Waals surface area contributed by atoms with Crippen molar-refractivity contribution in [2.45, 2.75) is 13.3 Å². The molecule has 0 atom stereocenters. The summed E-state index contributed by atoms with van der Waals surface area (Å²) in [6, 6.07) is 16.2. The van der Waals surface area contributed by atoms with E-state index >= 15 is 0 Å². The van der Waals surface area contributed by atoms with Crippen LogP contribution in [-0.4, -0.2) is 59.1 Å². The van der Waals surface area contributed by atoms with Crippen LogP contribution in [-0.2, 0) is 11.8 Å². The van der Waals surface area contributed by atoms with Crippen molar-refractivity contribution in [3.8, 4) is 22.4 Å². The van der Waals surface area contributed by atoms with E-state index in [2.05, 4.69) is 38.6 Å². The van der Waals surface area contributed by atoms with Crippen molar-refractivity contribution in [1.29, 1.82) is 0 Å². The van der Waals surface area contributed by atoms with Gasteiger partial charge in [-0.2, -0.15) is 5.10 Å². The summed E-state index contributed by atoms with van der Waals surface area (Å²) in [5, 5.41) is 24.1. The molecule has 172 valence electrons. The molecule has 1 aliphatic rings. The molecule has 2 aromatic heterocycles. The molecule has 1 aliphatic heterocycles. The Bertz CT molecular complexity index is 1240. The number of hydrogen-bond acceptors (Lipinski definition) is 5. The number of morpholine rings is 1. The summed E-state index contributed by atoms with van der Waals surface area (Å²) in [7, 11) is 1.92. The standard InChI is InChI=1S/C25H30N6O2/c1-18-29(2)21-10-9-20(17-22(21)31(18)32)23-24(19-7-4-3-5-8-19)27-28-25(23)26-11-6-12-30-13-15-33-16-14-30/h3-5,7-10,17H,6,11-16H2,1-2H3,(H2,26,27,28). The highest BCUT2D eigenvalue weighted by atomic mass is 16.5. The van der Waals surface area contributed by atoms with Gasteiger partial charge in [0.05, 0.1) is 31.5 Å². The molecule has 8 heteroatoms. The number of imidazole rings is 1. The van der Waals surface area contributed by atoms with Crippen LogP contribution in [0, 0.1) is 12.1 Å². The quantitative estimate of drug-likeness (QED) is 0.258. The first-order chi connectivity index (χ1) is 16.1. The van der Waals surface area contributed by atoms with Gasteiger partial charge in [-0.1, -0.05) is 30.3 Å². The summed E-state index contributed by atoms with van der Waals surface area (Å²) < 4.78 is 8.35. The number of benzene rings is 2. The van der Waals surface area contributed by atoms with E-state index in [9.17, 15) is 5.21 Å². The second kappa shape index (κ2) is 9.25. The van der Waals surface area contributed by atoms with Crippen LogP contribution in [0.4, 0.5) is 5.82 Å². The van der Waals surface area contributed by atoms with E-state index in [-0.39, 0.29) is 0 Å². The average molecular weight is 447 g/mol. The van der Waals surface area contributed by atoms with Gasteiger partial charge in [0.1, 0.15) is 0 Å². The molecule has 33 heavy (non-hydrogen) atoms. The molecule has 8 nitrogen and oxygen atoms in total. The molecule has 0 saturated carbocycles. The Morgan fingerprint density at radius 1 is 1.12 bits per heavy atom. The van der Waals surface area contributed by atoms with Crippen LogP contribution >= 0.6 is 0 Å². The normalized spacial score (nSPS) is 14.7. The van der Waals surface area contributed by atoms with Crippen LogP contribution in [0.1, 0.15) is 12.2 Å². The number of H-pyrrole nitrogens is 1. The third-order valence-corrected chi connectivity index (χ3v) is 6.50. The van der Waals surface area contributed by atoms with E-state index in [1.807, 2.05) is 48.9 Å². The second-order valence-electron chi connectivity index (χ2n) is 8.53. The third kappa shape index (κ3) is 4.19. The summed E-state index contributed by atoms with van der Waals surface area (Å²) in [5.41, 5.74) is 5.51. The zero-order valence-electron chi connectivity index (χ0n) is 19.2. The number of hydrogen-bond donors (Lipinski definition) is 2. The van der Waals surface area contributed by atoms with Crippen molar-refractivity contribution in [1.82, 2.24) is 19.7 Å². The van der Waals surface area contributed by atoms with Gasteiger partial charge in [0.25, 0.3) is 5.82 Å². The Morgan fingerprint density at radius 3 is 2.70 bits per heavy atom. The molecule has 0 aliphatic carbocycles. The van der Waals surface area contributed by atoms with Crippen LogP contribution < -0.4 is 10.0 Å². The molecule has 5 rings (SSSR count). The van der Waals surface area contributed by atoms with Crippen LogP contribution in [0.25, 0.3) is 33.4 Å². The van der Waals surface area contributed by atoms with Crippen molar-refractivity contribution >= 4 is 16.9 Å². The highest BCUT2D eigenvalue weighted by Crippen LogP contribution is 2.37. The highest BCUT2D eigenvalue weighted by Gasteiger charge is 2.21. The molecule has 0 amide bonds. The van der Waals surface area contributed by atoms with Crippen LogP contribution in [0.2, 0.25) is 0 Å². The first kappa shape index (κ1) is 21.5. The van der Waals surface area contributed by atoms with E-state index in [4.69, 9.17) is 4.74 Å². The maximum Gasteiger partial charge on any atom is 0.257 e. The van der Waals surface area contributed by atoms with Crippen LogP contribution in [0.3, 0.4) is 0 Å². The number of aromatic amines is 1. The topological polar surface area (TPSA) is 85.1 Å².